The Bertz CT molecular complexity index is 941. The van der Waals surface area contributed by atoms with E-state index in [1.807, 2.05) is 30.3 Å². The maximum atomic E-state index is 12.5. The molecule has 29 heavy (non-hydrogen) atoms. The van der Waals surface area contributed by atoms with Crippen LogP contribution in [0.4, 0.5) is 0 Å². The zero-order valence-electron chi connectivity index (χ0n) is 17.0. The summed E-state index contributed by atoms with van der Waals surface area (Å²) in [6.45, 7) is 5.34. The molecular formula is C21H26N2O5S. The predicted molar refractivity (Wildman–Crippen MR) is 110 cm³/mol. The molecule has 0 spiro atoms. The smallest absolute Gasteiger partial charge is 0.338 e. The van der Waals surface area contributed by atoms with E-state index in [2.05, 4.69) is 4.72 Å². The predicted octanol–water partition coefficient (Wildman–Crippen LogP) is 2.58. The zero-order valence-corrected chi connectivity index (χ0v) is 17.8. The molecule has 8 heteroatoms. The number of carbonyl (C=O) groups excluding carboxylic acids is 2. The SMILES string of the molecule is CC(C)NS(=O)(=O)c1ccc(C(=O)OC(C)C(=O)N(C)Cc2ccccc2)cc1. The Morgan fingerprint density at radius 3 is 2.14 bits per heavy atom. The van der Waals surface area contributed by atoms with Crippen LogP contribution < -0.4 is 4.72 Å². The number of hydrogen-bond acceptors (Lipinski definition) is 5. The second kappa shape index (κ2) is 9.67. The number of carbonyl (C=O) groups is 2. The van der Waals surface area contributed by atoms with Gasteiger partial charge in [-0.3, -0.25) is 4.79 Å². The van der Waals surface area contributed by atoms with Gasteiger partial charge in [0, 0.05) is 19.6 Å². The highest BCUT2D eigenvalue weighted by atomic mass is 32.2. The van der Waals surface area contributed by atoms with Gasteiger partial charge in [-0.25, -0.2) is 17.9 Å². The van der Waals surface area contributed by atoms with E-state index in [0.29, 0.717) is 6.54 Å². The Morgan fingerprint density at radius 1 is 1.00 bits per heavy atom. The molecule has 0 fully saturated rings. The van der Waals surface area contributed by atoms with Gasteiger partial charge in [0.2, 0.25) is 10.0 Å². The first-order chi connectivity index (χ1) is 13.6. The Hall–Kier alpha value is -2.71. The number of nitrogens with zero attached hydrogens (tertiary/aromatic N) is 1. The molecule has 0 radical (unpaired) electrons. The van der Waals surface area contributed by atoms with E-state index in [1.165, 1.54) is 36.1 Å². The normalized spacial score (nSPS) is 12.4. The molecule has 1 unspecified atom stereocenters. The Labute approximate surface area is 171 Å². The third-order valence-electron chi connectivity index (χ3n) is 4.06. The van der Waals surface area contributed by atoms with E-state index in [1.54, 1.807) is 20.9 Å². The summed E-state index contributed by atoms with van der Waals surface area (Å²) in [5.74, 6) is -1.03. The van der Waals surface area contributed by atoms with Gasteiger partial charge < -0.3 is 9.64 Å². The molecule has 0 bridgehead atoms. The quantitative estimate of drug-likeness (QED) is 0.665. The monoisotopic (exact) mass is 418 g/mol. The van der Waals surface area contributed by atoms with Crippen molar-refractivity contribution in [2.75, 3.05) is 7.05 Å². The van der Waals surface area contributed by atoms with Gasteiger partial charge in [0.05, 0.1) is 10.5 Å². The summed E-state index contributed by atoms with van der Waals surface area (Å²) in [6, 6.07) is 14.6. The molecule has 7 nitrogen and oxygen atoms in total. The van der Waals surface area contributed by atoms with Gasteiger partial charge in [-0.15, -0.1) is 0 Å². The van der Waals surface area contributed by atoms with Crippen molar-refractivity contribution in [2.24, 2.45) is 0 Å². The molecule has 2 aromatic rings. The lowest BCUT2D eigenvalue weighted by Gasteiger charge is -2.21. The highest BCUT2D eigenvalue weighted by Crippen LogP contribution is 2.13. The minimum atomic E-state index is -3.64. The molecule has 0 saturated heterocycles. The maximum absolute atomic E-state index is 12.5. The van der Waals surface area contributed by atoms with Gasteiger partial charge in [-0.2, -0.15) is 0 Å². The maximum Gasteiger partial charge on any atom is 0.338 e. The van der Waals surface area contributed by atoms with Crippen LogP contribution in [0.25, 0.3) is 0 Å². The first-order valence-electron chi connectivity index (χ1n) is 9.22. The molecule has 2 rings (SSSR count). The van der Waals surface area contributed by atoms with Crippen LogP contribution in [0.1, 0.15) is 36.7 Å². The molecule has 0 aliphatic rings. The summed E-state index contributed by atoms with van der Waals surface area (Å²) in [7, 11) is -2.00. The van der Waals surface area contributed by atoms with E-state index in [9.17, 15) is 18.0 Å². The van der Waals surface area contributed by atoms with Gasteiger partial charge in [0.1, 0.15) is 0 Å². The van der Waals surface area contributed by atoms with Crippen LogP contribution in [0.2, 0.25) is 0 Å². The van der Waals surface area contributed by atoms with Gasteiger partial charge in [0.25, 0.3) is 5.91 Å². The fraction of sp³-hybridized carbons (Fsp3) is 0.333. The van der Waals surface area contributed by atoms with Crippen LogP contribution in [-0.2, 0) is 26.1 Å². The average molecular weight is 419 g/mol. The molecule has 2 aromatic carbocycles. The van der Waals surface area contributed by atoms with Crippen LogP contribution in [0.15, 0.2) is 59.5 Å². The third-order valence-corrected chi connectivity index (χ3v) is 5.74. The number of esters is 1. The van der Waals surface area contributed by atoms with Gasteiger partial charge in [-0.05, 0) is 50.6 Å². The van der Waals surface area contributed by atoms with E-state index in [0.717, 1.165) is 5.56 Å². The molecular weight excluding hydrogens is 392 g/mol. The van der Waals surface area contributed by atoms with E-state index < -0.39 is 22.1 Å². The van der Waals surface area contributed by atoms with Crippen molar-refractivity contribution in [1.82, 2.24) is 9.62 Å². The Kier molecular flexibility index (Phi) is 7.53. The second-order valence-electron chi connectivity index (χ2n) is 7.03. The van der Waals surface area contributed by atoms with Crippen molar-refractivity contribution < 1.29 is 22.7 Å². The second-order valence-corrected chi connectivity index (χ2v) is 8.74. The first-order valence-corrected chi connectivity index (χ1v) is 10.7. The van der Waals surface area contributed by atoms with Crippen LogP contribution >= 0.6 is 0 Å². The van der Waals surface area contributed by atoms with E-state index in [4.69, 9.17) is 4.74 Å². The third kappa shape index (κ3) is 6.40. The van der Waals surface area contributed by atoms with Gasteiger partial charge in [-0.1, -0.05) is 30.3 Å². The van der Waals surface area contributed by atoms with Crippen molar-refractivity contribution in [3.63, 3.8) is 0 Å². The summed E-state index contributed by atoms with van der Waals surface area (Å²) in [4.78, 5) is 26.3. The lowest BCUT2D eigenvalue weighted by Crippen LogP contribution is -2.37. The van der Waals surface area contributed by atoms with Crippen molar-refractivity contribution in [3.8, 4) is 0 Å². The number of sulfonamides is 1. The summed E-state index contributed by atoms with van der Waals surface area (Å²) in [5, 5.41) is 0. The van der Waals surface area contributed by atoms with Crippen molar-refractivity contribution in [1.29, 1.82) is 0 Å². The summed E-state index contributed by atoms with van der Waals surface area (Å²) < 4.78 is 32.0. The topological polar surface area (TPSA) is 92.8 Å². The van der Waals surface area contributed by atoms with Gasteiger partial charge >= 0.3 is 5.97 Å². The van der Waals surface area contributed by atoms with Crippen molar-refractivity contribution in [3.05, 3.63) is 65.7 Å². The average Bonchev–Trinajstić information content (AvgIpc) is 2.67. The zero-order chi connectivity index (χ0) is 21.6. The first kappa shape index (κ1) is 22.6. The Morgan fingerprint density at radius 2 is 1.59 bits per heavy atom. The summed E-state index contributed by atoms with van der Waals surface area (Å²) in [5.41, 5.74) is 1.13. The number of hydrogen-bond donors (Lipinski definition) is 1. The molecule has 1 atom stereocenters. The fourth-order valence-electron chi connectivity index (χ4n) is 2.67. The molecule has 1 N–H and O–H groups in total. The molecule has 0 heterocycles. The number of benzene rings is 2. The number of nitrogens with one attached hydrogen (secondary N) is 1. The molecule has 0 aliphatic carbocycles. The summed E-state index contributed by atoms with van der Waals surface area (Å²) >= 11 is 0. The van der Waals surface area contributed by atoms with Crippen molar-refractivity contribution in [2.45, 2.75) is 44.4 Å². The minimum Gasteiger partial charge on any atom is -0.449 e. The van der Waals surface area contributed by atoms with Crippen LogP contribution in [0.3, 0.4) is 0 Å². The molecule has 0 aromatic heterocycles. The lowest BCUT2D eigenvalue weighted by atomic mass is 10.2. The highest BCUT2D eigenvalue weighted by Gasteiger charge is 2.23. The lowest BCUT2D eigenvalue weighted by molar-refractivity contribution is -0.139. The van der Waals surface area contributed by atoms with Crippen LogP contribution in [-0.4, -0.2) is 44.4 Å². The van der Waals surface area contributed by atoms with Crippen LogP contribution in [0.5, 0.6) is 0 Å². The fourth-order valence-corrected chi connectivity index (χ4v) is 3.92. The highest BCUT2D eigenvalue weighted by molar-refractivity contribution is 7.89. The molecule has 0 aliphatic heterocycles. The van der Waals surface area contributed by atoms with Gasteiger partial charge in [0.15, 0.2) is 6.10 Å². The summed E-state index contributed by atoms with van der Waals surface area (Å²) in [6.07, 6.45) is -0.970. The number of rotatable bonds is 8. The number of amides is 1. The molecule has 156 valence electrons. The molecule has 1 amide bonds. The van der Waals surface area contributed by atoms with E-state index in [-0.39, 0.29) is 22.4 Å². The standard InChI is InChI=1S/C21H26N2O5S/c1-15(2)22-29(26,27)19-12-10-18(11-13-19)21(25)28-16(3)20(24)23(4)14-17-8-6-5-7-9-17/h5-13,15-16,22H,14H2,1-4H3. The number of ether oxygens (including phenoxy) is 1. The van der Waals surface area contributed by atoms with E-state index >= 15 is 0 Å². The Balaban J connectivity index is 1.99. The number of likely N-dealkylation sites (N-methyl/N-ethyl adjacent to an activating group) is 1. The van der Waals surface area contributed by atoms with Crippen molar-refractivity contribution >= 4 is 21.9 Å². The molecule has 0 saturated carbocycles. The largest absolute Gasteiger partial charge is 0.449 e. The minimum absolute atomic E-state index is 0.0504. The van der Waals surface area contributed by atoms with Crippen LogP contribution in [0, 0.1) is 0 Å².